The minimum atomic E-state index is 0.240. The molecule has 1 atom stereocenters. The van der Waals surface area contributed by atoms with Gasteiger partial charge in [0.1, 0.15) is 0 Å². The lowest BCUT2D eigenvalue weighted by Gasteiger charge is -2.19. The van der Waals surface area contributed by atoms with Crippen LogP contribution in [0.2, 0.25) is 0 Å². The molecule has 0 aliphatic heterocycles. The van der Waals surface area contributed by atoms with Crippen LogP contribution in [0.3, 0.4) is 0 Å². The Labute approximate surface area is 124 Å². The van der Waals surface area contributed by atoms with Crippen molar-refractivity contribution in [2.24, 2.45) is 5.73 Å². The first-order chi connectivity index (χ1) is 10.2. The molecular weight excluding hydrogens is 268 g/mol. The molecule has 1 aromatic heterocycles. The molecule has 0 amide bonds. The Kier molecular flexibility index (Phi) is 5.65. The van der Waals surface area contributed by atoms with Crippen molar-refractivity contribution in [3.63, 3.8) is 0 Å². The van der Waals surface area contributed by atoms with Crippen molar-refractivity contribution >= 4 is 5.69 Å². The van der Waals surface area contributed by atoms with E-state index in [0.29, 0.717) is 13.2 Å². The highest BCUT2D eigenvalue weighted by Crippen LogP contribution is 2.16. The molecule has 2 rings (SSSR count). The average Bonchev–Trinajstić information content (AvgIpc) is 2.91. The van der Waals surface area contributed by atoms with Gasteiger partial charge in [0, 0.05) is 18.8 Å². The minimum absolute atomic E-state index is 0.240. The van der Waals surface area contributed by atoms with Crippen molar-refractivity contribution < 1.29 is 4.74 Å². The van der Waals surface area contributed by atoms with Crippen molar-refractivity contribution in [2.45, 2.75) is 25.8 Å². The molecule has 114 valence electrons. The van der Waals surface area contributed by atoms with Crippen molar-refractivity contribution in [1.82, 2.24) is 20.2 Å². The normalized spacial score (nSPS) is 12.3. The van der Waals surface area contributed by atoms with Crippen LogP contribution in [0.4, 0.5) is 5.69 Å². The molecule has 0 spiro atoms. The van der Waals surface area contributed by atoms with Gasteiger partial charge in [0.2, 0.25) is 0 Å². The second-order valence-electron chi connectivity index (χ2n) is 4.92. The summed E-state index contributed by atoms with van der Waals surface area (Å²) in [6, 6.07) is 8.23. The molecule has 0 fully saturated rings. The topological polar surface area (TPSA) is 90.9 Å². The van der Waals surface area contributed by atoms with Gasteiger partial charge in [-0.2, -0.15) is 4.68 Å². The number of hydrogen-bond donors (Lipinski definition) is 2. The molecule has 7 nitrogen and oxygen atoms in total. The number of rotatable bonds is 8. The predicted octanol–water partition coefficient (Wildman–Crippen LogP) is 1.14. The van der Waals surface area contributed by atoms with E-state index in [1.54, 1.807) is 11.8 Å². The van der Waals surface area contributed by atoms with E-state index in [1.807, 2.05) is 31.2 Å². The third-order valence-corrected chi connectivity index (χ3v) is 3.21. The molecule has 0 radical (unpaired) electrons. The van der Waals surface area contributed by atoms with E-state index in [9.17, 15) is 0 Å². The lowest BCUT2D eigenvalue weighted by Crippen LogP contribution is -2.25. The number of nitrogens with zero attached hydrogens (tertiary/aromatic N) is 4. The average molecular weight is 290 g/mol. The number of aryl methyl sites for hydroxylation is 1. The van der Waals surface area contributed by atoms with Gasteiger partial charge in [-0.25, -0.2) is 0 Å². The smallest absolute Gasteiger partial charge is 0.153 e. The van der Waals surface area contributed by atoms with Gasteiger partial charge in [0.05, 0.1) is 12.3 Å². The maximum Gasteiger partial charge on any atom is 0.153 e. The fourth-order valence-corrected chi connectivity index (χ4v) is 2.20. The highest BCUT2D eigenvalue weighted by atomic mass is 16.5. The quantitative estimate of drug-likeness (QED) is 0.757. The molecule has 2 aromatic rings. The van der Waals surface area contributed by atoms with E-state index < -0.39 is 0 Å². The Balaban J connectivity index is 2.11. The first kappa shape index (κ1) is 15.4. The van der Waals surface area contributed by atoms with Crippen LogP contribution in [0.5, 0.6) is 0 Å². The first-order valence-electron chi connectivity index (χ1n) is 7.05. The molecular formula is C14H22N6O. The predicted molar refractivity (Wildman–Crippen MR) is 81.5 cm³/mol. The van der Waals surface area contributed by atoms with Crippen LogP contribution in [-0.2, 0) is 4.74 Å². The van der Waals surface area contributed by atoms with Crippen molar-refractivity contribution in [2.75, 3.05) is 25.6 Å². The van der Waals surface area contributed by atoms with E-state index >= 15 is 0 Å². The number of anilines is 1. The van der Waals surface area contributed by atoms with Crippen LogP contribution in [0, 0.1) is 6.92 Å². The summed E-state index contributed by atoms with van der Waals surface area (Å²) in [5.41, 5.74) is 7.52. The van der Waals surface area contributed by atoms with E-state index in [-0.39, 0.29) is 6.04 Å². The number of nitrogens with one attached hydrogen (secondary N) is 1. The summed E-state index contributed by atoms with van der Waals surface area (Å²) >= 11 is 0. The summed E-state index contributed by atoms with van der Waals surface area (Å²) in [6.07, 6.45) is 1.94. The van der Waals surface area contributed by atoms with Crippen LogP contribution in [0.25, 0.3) is 5.69 Å². The zero-order valence-corrected chi connectivity index (χ0v) is 12.5. The number of ether oxygens (including phenoxy) is 1. The fraction of sp³-hybridized carbons (Fsp3) is 0.500. The summed E-state index contributed by atoms with van der Waals surface area (Å²) in [4.78, 5) is 0. The zero-order chi connectivity index (χ0) is 15.1. The molecule has 0 aliphatic carbocycles. The Morgan fingerprint density at radius 1 is 1.43 bits per heavy atom. The van der Waals surface area contributed by atoms with Gasteiger partial charge < -0.3 is 15.8 Å². The molecule has 3 N–H and O–H groups in total. The molecule has 1 unspecified atom stereocenters. The van der Waals surface area contributed by atoms with Crippen molar-refractivity contribution in [1.29, 1.82) is 0 Å². The number of nitrogens with two attached hydrogens (primary N) is 1. The number of methoxy groups -OCH3 is 1. The Bertz CT molecular complexity index is 556. The first-order valence-corrected chi connectivity index (χ1v) is 7.05. The molecule has 1 heterocycles. The number of aromatic nitrogens is 4. The van der Waals surface area contributed by atoms with E-state index in [0.717, 1.165) is 30.0 Å². The maximum absolute atomic E-state index is 5.58. The molecule has 21 heavy (non-hydrogen) atoms. The second-order valence-corrected chi connectivity index (χ2v) is 4.92. The standard InChI is InChI=1S/C14H22N6O/c1-11-17-18-19-20(11)14-7-3-5-12(9-14)16-13(10-21-2)6-4-8-15/h3,5,7,9,13,16H,4,6,8,10,15H2,1-2H3. The monoisotopic (exact) mass is 290 g/mol. The Morgan fingerprint density at radius 2 is 2.29 bits per heavy atom. The second kappa shape index (κ2) is 7.70. The molecule has 0 saturated carbocycles. The van der Waals surface area contributed by atoms with Crippen LogP contribution in [-0.4, -0.2) is 46.5 Å². The van der Waals surface area contributed by atoms with Crippen LogP contribution in [0.1, 0.15) is 18.7 Å². The van der Waals surface area contributed by atoms with Crippen LogP contribution in [0.15, 0.2) is 24.3 Å². The zero-order valence-electron chi connectivity index (χ0n) is 12.5. The van der Waals surface area contributed by atoms with Gasteiger partial charge in [-0.3, -0.25) is 0 Å². The van der Waals surface area contributed by atoms with E-state index in [4.69, 9.17) is 10.5 Å². The van der Waals surface area contributed by atoms with Gasteiger partial charge in [-0.15, -0.1) is 5.10 Å². The van der Waals surface area contributed by atoms with Gasteiger partial charge in [0.15, 0.2) is 5.82 Å². The largest absolute Gasteiger partial charge is 0.383 e. The summed E-state index contributed by atoms with van der Waals surface area (Å²) in [6.45, 7) is 3.20. The Hall–Kier alpha value is -1.99. The molecule has 0 saturated heterocycles. The summed E-state index contributed by atoms with van der Waals surface area (Å²) < 4.78 is 6.96. The van der Waals surface area contributed by atoms with Crippen LogP contribution >= 0.6 is 0 Å². The van der Waals surface area contributed by atoms with Crippen LogP contribution < -0.4 is 11.1 Å². The van der Waals surface area contributed by atoms with Gasteiger partial charge in [-0.05, 0) is 54.9 Å². The summed E-state index contributed by atoms with van der Waals surface area (Å²) in [5.74, 6) is 0.753. The van der Waals surface area contributed by atoms with Gasteiger partial charge >= 0.3 is 0 Å². The maximum atomic E-state index is 5.58. The SMILES string of the molecule is COCC(CCCN)Nc1cccc(-n2nnnc2C)c1. The highest BCUT2D eigenvalue weighted by molar-refractivity contribution is 5.51. The minimum Gasteiger partial charge on any atom is -0.383 e. The fourth-order valence-electron chi connectivity index (χ4n) is 2.20. The lowest BCUT2D eigenvalue weighted by molar-refractivity contribution is 0.182. The molecule has 0 bridgehead atoms. The Morgan fingerprint density at radius 3 is 2.95 bits per heavy atom. The summed E-state index contributed by atoms with van der Waals surface area (Å²) in [7, 11) is 1.71. The van der Waals surface area contributed by atoms with E-state index in [1.165, 1.54) is 0 Å². The third kappa shape index (κ3) is 4.24. The summed E-state index contributed by atoms with van der Waals surface area (Å²) in [5, 5.41) is 15.0. The van der Waals surface area contributed by atoms with E-state index in [2.05, 4.69) is 20.8 Å². The number of hydrogen-bond acceptors (Lipinski definition) is 6. The number of benzene rings is 1. The van der Waals surface area contributed by atoms with Crippen molar-refractivity contribution in [3.05, 3.63) is 30.1 Å². The van der Waals surface area contributed by atoms with Gasteiger partial charge in [0.25, 0.3) is 0 Å². The van der Waals surface area contributed by atoms with Gasteiger partial charge in [-0.1, -0.05) is 6.07 Å². The molecule has 1 aromatic carbocycles. The highest BCUT2D eigenvalue weighted by Gasteiger charge is 2.09. The number of tetrazole rings is 1. The van der Waals surface area contributed by atoms with Crippen molar-refractivity contribution in [3.8, 4) is 5.69 Å². The third-order valence-electron chi connectivity index (χ3n) is 3.21. The molecule has 7 heteroatoms. The molecule has 0 aliphatic rings. The lowest BCUT2D eigenvalue weighted by atomic mass is 10.1.